The van der Waals surface area contributed by atoms with Crippen molar-refractivity contribution in [1.29, 1.82) is 0 Å². The molecule has 2 nitrogen and oxygen atoms in total. The molecule has 2 aromatic rings. The molecule has 0 saturated carbocycles. The molecule has 2 rings (SSSR count). The molecule has 4 heteroatoms. The maximum Gasteiger partial charge on any atom is 0.129 e. The monoisotopic (exact) mass is 325 g/mol. The molecule has 19 heavy (non-hydrogen) atoms. The van der Waals surface area contributed by atoms with Gasteiger partial charge in [-0.05, 0) is 43.1 Å². The van der Waals surface area contributed by atoms with Gasteiger partial charge in [0.1, 0.15) is 5.82 Å². The third-order valence-corrected chi connectivity index (χ3v) is 3.49. The molecule has 1 N–H and O–H groups in total. The van der Waals surface area contributed by atoms with Crippen LogP contribution in [-0.4, -0.2) is 6.54 Å². The van der Waals surface area contributed by atoms with Crippen molar-refractivity contribution in [2.45, 2.75) is 25.8 Å². The lowest BCUT2D eigenvalue weighted by molar-refractivity contribution is 0.493. The van der Waals surface area contributed by atoms with Gasteiger partial charge in [0.2, 0.25) is 0 Å². The molecule has 0 fully saturated rings. The van der Waals surface area contributed by atoms with Crippen molar-refractivity contribution in [3.05, 3.63) is 58.2 Å². The molecule has 102 valence electrons. The van der Waals surface area contributed by atoms with Crippen molar-refractivity contribution in [3.63, 3.8) is 0 Å². The summed E-state index contributed by atoms with van der Waals surface area (Å²) in [4.78, 5) is 0. The smallest absolute Gasteiger partial charge is 0.129 e. The zero-order valence-electron chi connectivity index (χ0n) is 10.8. The van der Waals surface area contributed by atoms with Crippen LogP contribution < -0.4 is 5.32 Å². The lowest BCUT2D eigenvalue weighted by Crippen LogP contribution is -2.24. The van der Waals surface area contributed by atoms with Gasteiger partial charge >= 0.3 is 0 Å². The predicted octanol–water partition coefficient (Wildman–Crippen LogP) is 4.46. The minimum Gasteiger partial charge on any atom is -0.472 e. The maximum absolute atomic E-state index is 14.1. The Kier molecular flexibility index (Phi) is 5.16. The first kappa shape index (κ1) is 14.3. The first-order valence-electron chi connectivity index (χ1n) is 6.40. The van der Waals surface area contributed by atoms with Crippen molar-refractivity contribution in [1.82, 2.24) is 5.32 Å². The van der Waals surface area contributed by atoms with Crippen molar-refractivity contribution in [2.24, 2.45) is 0 Å². The number of hydrogen-bond acceptors (Lipinski definition) is 2. The molecule has 1 aromatic heterocycles. The van der Waals surface area contributed by atoms with Crippen LogP contribution in [0.4, 0.5) is 4.39 Å². The highest BCUT2D eigenvalue weighted by molar-refractivity contribution is 9.10. The van der Waals surface area contributed by atoms with Gasteiger partial charge < -0.3 is 9.73 Å². The van der Waals surface area contributed by atoms with Gasteiger partial charge in [-0.2, -0.15) is 0 Å². The van der Waals surface area contributed by atoms with Gasteiger partial charge in [0.15, 0.2) is 0 Å². The summed E-state index contributed by atoms with van der Waals surface area (Å²) < 4.78 is 19.9. The molecule has 1 atom stereocenters. The van der Waals surface area contributed by atoms with Gasteiger partial charge in [-0.25, -0.2) is 4.39 Å². The fraction of sp³-hybridized carbons (Fsp3) is 0.333. The van der Waals surface area contributed by atoms with E-state index >= 15 is 0 Å². The van der Waals surface area contributed by atoms with Crippen molar-refractivity contribution in [3.8, 4) is 0 Å². The lowest BCUT2D eigenvalue weighted by Gasteiger charge is -2.19. The van der Waals surface area contributed by atoms with Gasteiger partial charge in [0.25, 0.3) is 0 Å². The summed E-state index contributed by atoms with van der Waals surface area (Å²) in [6.45, 7) is 2.96. The number of furan rings is 1. The largest absolute Gasteiger partial charge is 0.472 e. The Balaban J connectivity index is 2.20. The van der Waals surface area contributed by atoms with Crippen LogP contribution in [-0.2, 0) is 6.42 Å². The molecule has 0 aliphatic carbocycles. The van der Waals surface area contributed by atoms with E-state index in [-0.39, 0.29) is 11.9 Å². The summed E-state index contributed by atoms with van der Waals surface area (Å²) in [5, 5.41) is 3.39. The van der Waals surface area contributed by atoms with E-state index in [0.717, 1.165) is 29.4 Å². The summed E-state index contributed by atoms with van der Waals surface area (Å²) in [5.74, 6) is -0.188. The third kappa shape index (κ3) is 3.91. The molecular weight excluding hydrogens is 309 g/mol. The van der Waals surface area contributed by atoms with E-state index in [4.69, 9.17) is 4.42 Å². The standard InChI is InChI=1S/C15H17BrFNO/c1-2-6-18-15(8-11-5-7-19-10-11)13-4-3-12(16)9-14(13)17/h3-5,7,9-10,15,18H,2,6,8H2,1H3. The number of benzene rings is 1. The number of halogens is 2. The number of rotatable bonds is 6. The van der Waals surface area contributed by atoms with Crippen LogP contribution in [0.2, 0.25) is 0 Å². The Morgan fingerprint density at radius 2 is 2.21 bits per heavy atom. The summed E-state index contributed by atoms with van der Waals surface area (Å²) in [5.41, 5.74) is 1.76. The van der Waals surface area contributed by atoms with Gasteiger partial charge in [-0.3, -0.25) is 0 Å². The highest BCUT2D eigenvalue weighted by Gasteiger charge is 2.16. The van der Waals surface area contributed by atoms with Crippen LogP contribution in [0.15, 0.2) is 45.7 Å². The van der Waals surface area contributed by atoms with Gasteiger partial charge in [0.05, 0.1) is 12.5 Å². The Morgan fingerprint density at radius 3 is 2.84 bits per heavy atom. The summed E-state index contributed by atoms with van der Waals surface area (Å²) in [6, 6.07) is 7.08. The van der Waals surface area contributed by atoms with Gasteiger partial charge in [0, 0.05) is 16.1 Å². The molecule has 0 radical (unpaired) electrons. The normalized spacial score (nSPS) is 12.6. The first-order chi connectivity index (χ1) is 9.20. The van der Waals surface area contributed by atoms with Crippen LogP contribution in [0.5, 0.6) is 0 Å². The minimum absolute atomic E-state index is 0.0364. The summed E-state index contributed by atoms with van der Waals surface area (Å²) in [6.07, 6.45) is 5.08. The highest BCUT2D eigenvalue weighted by Crippen LogP contribution is 2.24. The van der Waals surface area contributed by atoms with Gasteiger partial charge in [-0.15, -0.1) is 0 Å². The fourth-order valence-electron chi connectivity index (χ4n) is 2.04. The summed E-state index contributed by atoms with van der Waals surface area (Å²) >= 11 is 3.28. The molecule has 0 amide bonds. The Hall–Kier alpha value is -1.13. The Labute approximate surface area is 121 Å². The van der Waals surface area contributed by atoms with E-state index in [1.54, 1.807) is 12.5 Å². The van der Waals surface area contributed by atoms with Crippen LogP contribution >= 0.6 is 15.9 Å². The van der Waals surface area contributed by atoms with E-state index in [0.29, 0.717) is 5.56 Å². The van der Waals surface area contributed by atoms with Crippen molar-refractivity contribution < 1.29 is 8.81 Å². The van der Waals surface area contributed by atoms with Crippen LogP contribution in [0.25, 0.3) is 0 Å². The average molecular weight is 326 g/mol. The number of hydrogen-bond donors (Lipinski definition) is 1. The highest BCUT2D eigenvalue weighted by atomic mass is 79.9. The zero-order chi connectivity index (χ0) is 13.7. The lowest BCUT2D eigenvalue weighted by atomic mass is 10.00. The van der Waals surface area contributed by atoms with E-state index in [1.165, 1.54) is 6.07 Å². The maximum atomic E-state index is 14.1. The average Bonchev–Trinajstić information content (AvgIpc) is 2.88. The molecule has 0 aliphatic heterocycles. The van der Waals surface area contributed by atoms with Crippen LogP contribution in [0, 0.1) is 5.82 Å². The van der Waals surface area contributed by atoms with Crippen LogP contribution in [0.3, 0.4) is 0 Å². The van der Waals surface area contributed by atoms with E-state index in [2.05, 4.69) is 28.2 Å². The molecular formula is C15H17BrFNO. The second-order valence-corrected chi connectivity index (χ2v) is 5.42. The van der Waals surface area contributed by atoms with Gasteiger partial charge in [-0.1, -0.05) is 28.9 Å². The van der Waals surface area contributed by atoms with Crippen molar-refractivity contribution >= 4 is 15.9 Å². The Bertz CT molecular complexity index is 513. The SMILES string of the molecule is CCCNC(Cc1ccoc1)c1ccc(Br)cc1F. The van der Waals surface area contributed by atoms with E-state index < -0.39 is 0 Å². The number of nitrogens with one attached hydrogen (secondary N) is 1. The zero-order valence-corrected chi connectivity index (χ0v) is 12.4. The molecule has 1 heterocycles. The summed E-state index contributed by atoms with van der Waals surface area (Å²) in [7, 11) is 0. The molecule has 1 aromatic carbocycles. The topological polar surface area (TPSA) is 25.2 Å². The van der Waals surface area contributed by atoms with E-state index in [9.17, 15) is 4.39 Å². The second kappa shape index (κ2) is 6.87. The fourth-order valence-corrected chi connectivity index (χ4v) is 2.37. The Morgan fingerprint density at radius 1 is 1.37 bits per heavy atom. The predicted molar refractivity (Wildman–Crippen MR) is 77.5 cm³/mol. The molecule has 0 spiro atoms. The molecule has 0 saturated heterocycles. The molecule has 0 aliphatic rings. The first-order valence-corrected chi connectivity index (χ1v) is 7.19. The second-order valence-electron chi connectivity index (χ2n) is 4.51. The molecule has 0 bridgehead atoms. The molecule has 1 unspecified atom stereocenters. The third-order valence-electron chi connectivity index (χ3n) is 3.00. The van der Waals surface area contributed by atoms with E-state index in [1.807, 2.05) is 18.2 Å². The minimum atomic E-state index is -0.188. The quantitative estimate of drug-likeness (QED) is 0.847. The van der Waals surface area contributed by atoms with Crippen LogP contribution in [0.1, 0.15) is 30.5 Å². The van der Waals surface area contributed by atoms with Crippen molar-refractivity contribution in [2.75, 3.05) is 6.54 Å².